The van der Waals surface area contributed by atoms with Crippen molar-refractivity contribution in [3.8, 4) is 11.3 Å². The van der Waals surface area contributed by atoms with Gasteiger partial charge in [-0.1, -0.05) is 85.6 Å². The summed E-state index contributed by atoms with van der Waals surface area (Å²) < 4.78 is 5.37. The SMILES string of the molecule is CCC(C)(CC)C(=O)/C=C(\O)C(C)(CC)CC.Cc1csc2c1ccc1c3ccnc(-c4[c-]c5ccsc5c(C(C)(C)C)c4)c3sc12.[Ir]. The quantitative estimate of drug-likeness (QED) is 0.0941. The number of hydrogen-bond donors (Lipinski definition) is 1. The number of carbonyl (C=O) groups excluding carboxylic acids is 1. The summed E-state index contributed by atoms with van der Waals surface area (Å²) in [6.45, 7) is 21.1. The first-order valence-corrected chi connectivity index (χ1v) is 19.4. The number of aliphatic hydroxyl groups excluding tert-OH is 1. The van der Waals surface area contributed by atoms with E-state index in [4.69, 9.17) is 4.98 Å². The Hall–Kier alpha value is -2.41. The van der Waals surface area contributed by atoms with Crippen LogP contribution in [0.5, 0.6) is 0 Å². The Kier molecular flexibility index (Phi) is 11.9. The molecule has 0 spiro atoms. The standard InChI is InChI=1S/C26H20NS3.C15H28O2.Ir/c1-14-13-29-24-17(14)5-6-18-19-7-9-27-21(23(19)30-25(18)24)16-11-15-8-10-28-22(15)20(12-16)26(2,3)4;1-7-14(5,8-2)12(16)11-13(17)15(6,9-3)10-4;/h5-10,12-13H,1-4H3;11,16H,7-10H2,1-6H3;/q-1;;/b;12-11-;. The summed E-state index contributed by atoms with van der Waals surface area (Å²) in [7, 11) is 0. The zero-order valence-corrected chi connectivity index (χ0v) is 34.7. The van der Waals surface area contributed by atoms with Crippen LogP contribution in [0, 0.1) is 23.8 Å². The number of fused-ring (bicyclic) bond motifs is 6. The van der Waals surface area contributed by atoms with Crippen LogP contribution in [0.4, 0.5) is 0 Å². The van der Waals surface area contributed by atoms with Crippen LogP contribution in [-0.4, -0.2) is 15.9 Å². The van der Waals surface area contributed by atoms with Crippen LogP contribution in [0.2, 0.25) is 0 Å². The van der Waals surface area contributed by atoms with Crippen LogP contribution in [0.1, 0.15) is 99.1 Å². The number of rotatable bonds is 8. The zero-order chi connectivity index (χ0) is 34.3. The van der Waals surface area contributed by atoms with E-state index >= 15 is 0 Å². The number of nitrogens with zero attached hydrogens (tertiary/aromatic N) is 1. The van der Waals surface area contributed by atoms with Crippen LogP contribution >= 0.6 is 34.0 Å². The molecule has 2 aromatic carbocycles. The Labute approximate surface area is 311 Å². The number of aryl methyl sites for hydroxylation is 1. The Balaban J connectivity index is 0.000000251. The van der Waals surface area contributed by atoms with Gasteiger partial charge in [-0.2, -0.15) is 11.3 Å². The fourth-order valence-corrected chi connectivity index (χ4v) is 9.53. The number of thiophene rings is 3. The van der Waals surface area contributed by atoms with E-state index in [1.165, 1.54) is 57.5 Å². The molecule has 0 unspecified atom stereocenters. The fraction of sp³-hybridized carbons (Fsp3) is 0.415. The molecule has 0 atom stereocenters. The first-order chi connectivity index (χ1) is 22.2. The number of aromatic nitrogens is 1. The van der Waals surface area contributed by atoms with Crippen LogP contribution in [0.25, 0.3) is 51.6 Å². The molecule has 0 aliphatic heterocycles. The van der Waals surface area contributed by atoms with Gasteiger partial charge in [-0.05, 0) is 75.9 Å². The summed E-state index contributed by atoms with van der Waals surface area (Å²) in [6.07, 6.45) is 6.71. The second-order valence-electron chi connectivity index (χ2n) is 14.3. The van der Waals surface area contributed by atoms with Gasteiger partial charge in [0.25, 0.3) is 0 Å². The molecule has 4 heterocycles. The molecule has 3 nitrogen and oxygen atoms in total. The first kappa shape index (κ1) is 38.4. The summed E-state index contributed by atoms with van der Waals surface area (Å²) in [5.74, 6) is 0.286. The van der Waals surface area contributed by atoms with Crippen molar-refractivity contribution in [2.75, 3.05) is 0 Å². The summed E-state index contributed by atoms with van der Waals surface area (Å²) in [6, 6.07) is 14.9. The Morgan fingerprint density at radius 2 is 1.46 bits per heavy atom. The van der Waals surface area contributed by atoms with E-state index in [1.54, 1.807) is 0 Å². The van der Waals surface area contributed by atoms with Crippen molar-refractivity contribution in [3.63, 3.8) is 0 Å². The molecule has 48 heavy (non-hydrogen) atoms. The molecule has 0 aliphatic carbocycles. The molecule has 0 fully saturated rings. The van der Waals surface area contributed by atoms with Crippen molar-refractivity contribution in [3.05, 3.63) is 76.3 Å². The van der Waals surface area contributed by atoms with Crippen LogP contribution in [0.15, 0.2) is 59.1 Å². The van der Waals surface area contributed by atoms with Gasteiger partial charge in [0, 0.05) is 59.0 Å². The number of pyridine rings is 1. The van der Waals surface area contributed by atoms with Gasteiger partial charge in [-0.3, -0.25) is 9.78 Å². The molecule has 0 amide bonds. The number of benzene rings is 2. The molecule has 6 aromatic rings. The molecular weight excluding hydrogens is 827 g/mol. The maximum atomic E-state index is 12.2. The third-order valence-corrected chi connectivity index (χ3v) is 13.9. The molecule has 257 valence electrons. The minimum Gasteiger partial charge on any atom is -0.512 e. The van der Waals surface area contributed by atoms with Gasteiger partial charge < -0.3 is 5.11 Å². The summed E-state index contributed by atoms with van der Waals surface area (Å²) >= 11 is 5.54. The summed E-state index contributed by atoms with van der Waals surface area (Å²) in [5.41, 5.74) is 4.35. The molecule has 7 heteroatoms. The fourth-order valence-electron chi connectivity index (χ4n) is 5.95. The first-order valence-electron chi connectivity index (χ1n) is 16.8. The molecule has 6 rings (SSSR count). The third-order valence-electron chi connectivity index (χ3n) is 10.4. The van der Waals surface area contributed by atoms with Gasteiger partial charge in [0.2, 0.25) is 0 Å². The van der Waals surface area contributed by atoms with E-state index in [9.17, 15) is 9.90 Å². The molecule has 1 N–H and O–H groups in total. The molecule has 0 aliphatic rings. The second kappa shape index (κ2) is 14.8. The van der Waals surface area contributed by atoms with E-state index < -0.39 is 0 Å². The third kappa shape index (κ3) is 7.09. The average Bonchev–Trinajstić information content (AvgIpc) is 3.79. The second-order valence-corrected chi connectivity index (χ2v) is 17.1. The van der Waals surface area contributed by atoms with E-state index in [1.807, 2.05) is 81.7 Å². The van der Waals surface area contributed by atoms with E-state index in [0.717, 1.165) is 36.9 Å². The Morgan fingerprint density at radius 3 is 2.08 bits per heavy atom. The molecule has 1 radical (unpaired) electrons. The minimum atomic E-state index is -0.337. The number of hydrogen-bond acceptors (Lipinski definition) is 6. The zero-order valence-electron chi connectivity index (χ0n) is 29.9. The monoisotopic (exact) mass is 875 g/mol. The van der Waals surface area contributed by atoms with Gasteiger partial charge in [0.05, 0.1) is 9.40 Å². The Morgan fingerprint density at radius 1 is 0.833 bits per heavy atom. The van der Waals surface area contributed by atoms with E-state index in [-0.39, 0.29) is 47.9 Å². The van der Waals surface area contributed by atoms with Gasteiger partial charge in [-0.15, -0.1) is 46.3 Å². The predicted molar refractivity (Wildman–Crippen MR) is 209 cm³/mol. The molecule has 4 aromatic heterocycles. The summed E-state index contributed by atoms with van der Waals surface area (Å²) in [4.78, 5) is 17.0. The number of aliphatic hydroxyl groups is 1. The number of ketones is 1. The molecular formula is C41H48IrNO2S3-. The van der Waals surface area contributed by atoms with Crippen molar-refractivity contribution >= 4 is 80.1 Å². The largest absolute Gasteiger partial charge is 0.512 e. The van der Waals surface area contributed by atoms with Crippen LogP contribution < -0.4 is 0 Å². The minimum absolute atomic E-state index is 0. The van der Waals surface area contributed by atoms with Gasteiger partial charge in [0.15, 0.2) is 5.78 Å². The maximum Gasteiger partial charge on any atom is 0.164 e. The maximum absolute atomic E-state index is 12.2. The van der Waals surface area contributed by atoms with Gasteiger partial charge >= 0.3 is 0 Å². The van der Waals surface area contributed by atoms with Crippen LogP contribution in [0.3, 0.4) is 0 Å². The molecule has 0 saturated carbocycles. The predicted octanol–water partition coefficient (Wildman–Crippen LogP) is 13.6. The smallest absolute Gasteiger partial charge is 0.164 e. The average molecular weight is 875 g/mol. The van der Waals surface area contributed by atoms with Crippen molar-refractivity contribution in [2.45, 2.75) is 100 Å². The van der Waals surface area contributed by atoms with Crippen molar-refractivity contribution < 1.29 is 30.0 Å². The van der Waals surface area contributed by atoms with Crippen molar-refractivity contribution in [1.29, 1.82) is 0 Å². The van der Waals surface area contributed by atoms with E-state index in [0.29, 0.717) is 0 Å². The number of allylic oxidation sites excluding steroid dienone is 2. The summed E-state index contributed by atoms with van der Waals surface area (Å²) in [5, 5.41) is 19.8. The normalized spacial score (nSPS) is 12.8. The van der Waals surface area contributed by atoms with Gasteiger partial charge in [-0.25, -0.2) is 0 Å². The molecule has 0 bridgehead atoms. The van der Waals surface area contributed by atoms with E-state index in [2.05, 4.69) is 74.9 Å². The number of carbonyl (C=O) groups is 1. The molecule has 0 saturated heterocycles. The topological polar surface area (TPSA) is 50.2 Å². The van der Waals surface area contributed by atoms with Gasteiger partial charge in [0.1, 0.15) is 5.76 Å². The van der Waals surface area contributed by atoms with Crippen LogP contribution in [-0.2, 0) is 30.3 Å². The van der Waals surface area contributed by atoms with Crippen molar-refractivity contribution in [2.24, 2.45) is 10.8 Å². The van der Waals surface area contributed by atoms with Crippen molar-refractivity contribution in [1.82, 2.24) is 4.98 Å². The Bertz CT molecular complexity index is 2100.